The van der Waals surface area contributed by atoms with Gasteiger partial charge in [0.1, 0.15) is 0 Å². The van der Waals surface area contributed by atoms with Crippen LogP contribution in [0, 0.1) is 6.92 Å². The molecule has 6 nitrogen and oxygen atoms in total. The average molecular weight is 346 g/mol. The minimum atomic E-state index is -0.230. The van der Waals surface area contributed by atoms with E-state index in [1.807, 2.05) is 20.0 Å². The van der Waals surface area contributed by atoms with Crippen molar-refractivity contribution in [3.8, 4) is 0 Å². The molecule has 0 unspecified atom stereocenters. The van der Waals surface area contributed by atoms with E-state index in [0.29, 0.717) is 11.3 Å². The van der Waals surface area contributed by atoms with Gasteiger partial charge in [-0.05, 0) is 35.0 Å². The van der Waals surface area contributed by atoms with Crippen LogP contribution in [0.15, 0.2) is 35.2 Å². The van der Waals surface area contributed by atoms with E-state index in [0.717, 1.165) is 21.2 Å². The smallest absolute Gasteiger partial charge is 0.257 e. The molecule has 0 atom stereocenters. The number of halogens is 1. The minimum Gasteiger partial charge on any atom is -0.321 e. The normalized spacial score (nSPS) is 10.8. The first-order valence-corrected chi connectivity index (χ1v) is 7.05. The molecular weight excluding hydrogens is 334 g/mol. The predicted molar refractivity (Wildman–Crippen MR) is 83.1 cm³/mol. The van der Waals surface area contributed by atoms with E-state index in [1.54, 1.807) is 23.1 Å². The maximum Gasteiger partial charge on any atom is 0.257 e. The quantitative estimate of drug-likeness (QED) is 0.774. The van der Waals surface area contributed by atoms with E-state index in [-0.39, 0.29) is 5.91 Å². The van der Waals surface area contributed by atoms with Gasteiger partial charge in [-0.25, -0.2) is 4.98 Å². The summed E-state index contributed by atoms with van der Waals surface area (Å²) in [5, 5.41) is 8.04. The lowest BCUT2D eigenvalue weighted by Crippen LogP contribution is -2.12. The Morgan fingerprint density at radius 1 is 1.29 bits per heavy atom. The lowest BCUT2D eigenvalue weighted by atomic mass is 10.2. The molecule has 0 bridgehead atoms. The largest absolute Gasteiger partial charge is 0.321 e. The second-order valence-electron chi connectivity index (χ2n) is 4.65. The fourth-order valence-electron chi connectivity index (χ4n) is 2.12. The summed E-state index contributed by atoms with van der Waals surface area (Å²) in [5.41, 5.74) is 2.77. The van der Waals surface area contributed by atoms with E-state index < -0.39 is 0 Å². The number of aromatic nitrogens is 4. The van der Waals surface area contributed by atoms with Crippen LogP contribution in [-0.4, -0.2) is 25.7 Å². The lowest BCUT2D eigenvalue weighted by molar-refractivity contribution is 0.102. The van der Waals surface area contributed by atoms with E-state index in [2.05, 4.69) is 36.3 Å². The van der Waals surface area contributed by atoms with Crippen LogP contribution in [0.1, 0.15) is 16.1 Å². The molecule has 0 fully saturated rings. The second-order valence-corrected chi connectivity index (χ2v) is 5.57. The van der Waals surface area contributed by atoms with Gasteiger partial charge in [0.2, 0.25) is 0 Å². The number of carbonyl (C=O) groups excluding carboxylic acids is 1. The Hall–Kier alpha value is -2.28. The van der Waals surface area contributed by atoms with Gasteiger partial charge in [-0.2, -0.15) is 5.10 Å². The van der Waals surface area contributed by atoms with Crippen LogP contribution >= 0.6 is 15.9 Å². The molecule has 0 aromatic carbocycles. The number of rotatable bonds is 2. The van der Waals surface area contributed by atoms with Crippen molar-refractivity contribution in [1.29, 1.82) is 0 Å². The van der Waals surface area contributed by atoms with Crippen LogP contribution < -0.4 is 5.32 Å². The van der Waals surface area contributed by atoms with Gasteiger partial charge >= 0.3 is 0 Å². The van der Waals surface area contributed by atoms with E-state index in [4.69, 9.17) is 0 Å². The molecule has 3 rings (SSSR count). The van der Waals surface area contributed by atoms with Crippen LogP contribution in [0.4, 0.5) is 5.69 Å². The van der Waals surface area contributed by atoms with Gasteiger partial charge < -0.3 is 5.32 Å². The Kier molecular flexibility index (Phi) is 3.42. The molecular formula is C14H12BrN5O. The summed E-state index contributed by atoms with van der Waals surface area (Å²) in [6.07, 6.45) is 4.76. The van der Waals surface area contributed by atoms with Crippen LogP contribution in [0.5, 0.6) is 0 Å². The number of hydrogen-bond acceptors (Lipinski definition) is 4. The van der Waals surface area contributed by atoms with Gasteiger partial charge in [0.05, 0.1) is 23.1 Å². The van der Waals surface area contributed by atoms with Gasteiger partial charge in [-0.3, -0.25) is 14.5 Å². The fraction of sp³-hybridized carbons (Fsp3) is 0.143. The van der Waals surface area contributed by atoms with E-state index >= 15 is 0 Å². The van der Waals surface area contributed by atoms with Crippen molar-refractivity contribution in [3.05, 3.63) is 46.5 Å². The topological polar surface area (TPSA) is 72.7 Å². The van der Waals surface area contributed by atoms with Crippen molar-refractivity contribution < 1.29 is 4.79 Å². The molecule has 3 heterocycles. The standard InChI is InChI=1S/C14H12BrN5O/c1-8-12-4-11(7-17-13(12)20(2)19-8)18-14(21)9-3-10(15)6-16-5-9/h3-7H,1-2H3,(H,18,21). The molecule has 0 aliphatic heterocycles. The van der Waals surface area contributed by atoms with Crippen molar-refractivity contribution >= 4 is 38.6 Å². The zero-order chi connectivity index (χ0) is 15.0. The monoisotopic (exact) mass is 345 g/mol. The molecule has 0 radical (unpaired) electrons. The summed E-state index contributed by atoms with van der Waals surface area (Å²) in [7, 11) is 1.84. The summed E-state index contributed by atoms with van der Waals surface area (Å²) in [4.78, 5) is 20.5. The first kappa shape index (κ1) is 13.7. The molecule has 0 saturated carbocycles. The SMILES string of the molecule is Cc1nn(C)c2ncc(NC(=O)c3cncc(Br)c3)cc12. The first-order valence-electron chi connectivity index (χ1n) is 6.26. The summed E-state index contributed by atoms with van der Waals surface area (Å²) in [6, 6.07) is 3.58. The number of amides is 1. The second kappa shape index (κ2) is 5.25. The van der Waals surface area contributed by atoms with Gasteiger partial charge in [-0.1, -0.05) is 0 Å². The molecule has 106 valence electrons. The van der Waals surface area contributed by atoms with Crippen molar-refractivity contribution in [2.24, 2.45) is 7.05 Å². The third-order valence-electron chi connectivity index (χ3n) is 3.09. The van der Waals surface area contributed by atoms with Crippen LogP contribution in [0.3, 0.4) is 0 Å². The molecule has 0 saturated heterocycles. The Morgan fingerprint density at radius 3 is 2.86 bits per heavy atom. The van der Waals surface area contributed by atoms with Crippen LogP contribution in [0.2, 0.25) is 0 Å². The Bertz CT molecular complexity index is 842. The number of fused-ring (bicyclic) bond motifs is 1. The van der Waals surface area contributed by atoms with E-state index in [9.17, 15) is 4.79 Å². The molecule has 0 aliphatic rings. The first-order chi connectivity index (χ1) is 10.0. The highest BCUT2D eigenvalue weighted by Gasteiger charge is 2.10. The molecule has 0 spiro atoms. The van der Waals surface area contributed by atoms with Gasteiger partial charge in [0.25, 0.3) is 5.91 Å². The Labute approximate surface area is 129 Å². The van der Waals surface area contributed by atoms with Crippen molar-refractivity contribution in [2.45, 2.75) is 6.92 Å². The molecule has 0 aliphatic carbocycles. The summed E-state index contributed by atoms with van der Waals surface area (Å²) in [5.74, 6) is -0.230. The number of anilines is 1. The van der Waals surface area contributed by atoms with Gasteiger partial charge in [0.15, 0.2) is 5.65 Å². The molecule has 7 heteroatoms. The number of nitrogens with one attached hydrogen (secondary N) is 1. The maximum absolute atomic E-state index is 12.2. The highest BCUT2D eigenvalue weighted by atomic mass is 79.9. The zero-order valence-electron chi connectivity index (χ0n) is 11.5. The Morgan fingerprint density at radius 2 is 2.10 bits per heavy atom. The summed E-state index contributed by atoms with van der Waals surface area (Å²) in [6.45, 7) is 1.91. The number of nitrogens with zero attached hydrogens (tertiary/aromatic N) is 4. The molecule has 21 heavy (non-hydrogen) atoms. The third-order valence-corrected chi connectivity index (χ3v) is 3.52. The predicted octanol–water partition coefficient (Wildman–Crippen LogP) is 2.69. The molecule has 1 amide bonds. The summed E-state index contributed by atoms with van der Waals surface area (Å²) >= 11 is 3.29. The summed E-state index contributed by atoms with van der Waals surface area (Å²) < 4.78 is 2.47. The molecule has 1 N–H and O–H groups in total. The number of aryl methyl sites for hydroxylation is 2. The number of pyridine rings is 2. The lowest BCUT2D eigenvalue weighted by Gasteiger charge is -2.05. The average Bonchev–Trinajstić information content (AvgIpc) is 2.74. The highest BCUT2D eigenvalue weighted by Crippen LogP contribution is 2.20. The van der Waals surface area contributed by atoms with Crippen molar-refractivity contribution in [2.75, 3.05) is 5.32 Å². The fourth-order valence-corrected chi connectivity index (χ4v) is 2.48. The van der Waals surface area contributed by atoms with Crippen LogP contribution in [0.25, 0.3) is 11.0 Å². The van der Waals surface area contributed by atoms with Crippen molar-refractivity contribution in [1.82, 2.24) is 19.7 Å². The molecule has 3 aromatic heterocycles. The zero-order valence-corrected chi connectivity index (χ0v) is 13.0. The maximum atomic E-state index is 12.2. The van der Waals surface area contributed by atoms with E-state index in [1.165, 1.54) is 6.20 Å². The Balaban J connectivity index is 1.91. The van der Waals surface area contributed by atoms with Gasteiger partial charge in [0, 0.05) is 29.3 Å². The highest BCUT2D eigenvalue weighted by molar-refractivity contribution is 9.10. The van der Waals surface area contributed by atoms with Crippen molar-refractivity contribution in [3.63, 3.8) is 0 Å². The third kappa shape index (κ3) is 2.64. The number of carbonyl (C=O) groups is 1. The van der Waals surface area contributed by atoms with Gasteiger partial charge in [-0.15, -0.1) is 0 Å². The van der Waals surface area contributed by atoms with Crippen LogP contribution in [-0.2, 0) is 7.05 Å². The number of hydrogen-bond donors (Lipinski definition) is 1. The minimum absolute atomic E-state index is 0.230. The molecule has 3 aromatic rings.